The van der Waals surface area contributed by atoms with Gasteiger partial charge in [0, 0.05) is 0 Å². The number of alkyl halides is 13. The molecule has 0 bridgehead atoms. The third kappa shape index (κ3) is 3.13. The molecule has 156 valence electrons. The average molecular weight is 430 g/mol. The Kier molecular flexibility index (Phi) is 5.15. The zero-order valence-electron chi connectivity index (χ0n) is 11.8. The fourth-order valence-corrected chi connectivity index (χ4v) is 1.36. The Labute approximate surface area is 138 Å². The van der Waals surface area contributed by atoms with Crippen LogP contribution in [0.15, 0.2) is 12.7 Å². The molecule has 0 saturated carbocycles. The van der Waals surface area contributed by atoms with E-state index in [1.807, 2.05) is 0 Å². The van der Waals surface area contributed by atoms with Crippen molar-refractivity contribution in [1.82, 2.24) is 14.9 Å². The lowest BCUT2D eigenvalue weighted by Crippen LogP contribution is -2.71. The lowest BCUT2D eigenvalue weighted by atomic mass is 9.93. The second-order valence-corrected chi connectivity index (χ2v) is 4.68. The number of carbonyl (C=O) groups excluding carboxylic acids is 1. The third-order valence-corrected chi connectivity index (χ3v) is 2.87. The molecule has 0 atom stereocenters. The van der Waals surface area contributed by atoms with Gasteiger partial charge in [-0.25, -0.2) is 4.68 Å². The van der Waals surface area contributed by atoms with Crippen LogP contribution in [-0.2, 0) is 4.79 Å². The lowest BCUT2D eigenvalue weighted by molar-refractivity contribution is -0.435. The number of halogens is 13. The van der Waals surface area contributed by atoms with Crippen LogP contribution < -0.4 is 5.43 Å². The summed E-state index contributed by atoms with van der Waals surface area (Å²) in [5.41, 5.74) is 0.696. The molecule has 0 unspecified atom stereocenters. The van der Waals surface area contributed by atoms with Crippen LogP contribution >= 0.6 is 0 Å². The molecular formula is C9H3F13N4O. The molecule has 0 aliphatic carbocycles. The van der Waals surface area contributed by atoms with Crippen molar-refractivity contribution in [2.45, 2.75) is 35.8 Å². The highest BCUT2D eigenvalue weighted by Crippen LogP contribution is 2.60. The van der Waals surface area contributed by atoms with E-state index in [0.717, 1.165) is 0 Å². The molecule has 18 heteroatoms. The van der Waals surface area contributed by atoms with E-state index in [2.05, 4.69) is 10.2 Å². The highest BCUT2D eigenvalue weighted by atomic mass is 19.4. The number of rotatable bonds is 6. The van der Waals surface area contributed by atoms with E-state index in [1.54, 1.807) is 0 Å². The fourth-order valence-electron chi connectivity index (χ4n) is 1.36. The van der Waals surface area contributed by atoms with E-state index in [9.17, 15) is 61.9 Å². The first kappa shape index (κ1) is 22.7. The number of hydrogen-bond donors (Lipinski definition) is 1. The average Bonchev–Trinajstić information content (AvgIpc) is 2.97. The van der Waals surface area contributed by atoms with Crippen molar-refractivity contribution in [3.8, 4) is 0 Å². The SMILES string of the molecule is O=C(Nn1cnnc1)C(F)(F)C(F)(F)C(F)(F)C(F)(F)C(F)(F)C(F)(F)F. The Morgan fingerprint density at radius 1 is 0.667 bits per heavy atom. The maximum Gasteiger partial charge on any atom is 0.460 e. The van der Waals surface area contributed by atoms with E-state index in [4.69, 9.17) is 0 Å². The van der Waals surface area contributed by atoms with Crippen LogP contribution in [0.25, 0.3) is 0 Å². The minimum Gasteiger partial charge on any atom is -0.266 e. The zero-order chi connectivity index (χ0) is 21.7. The normalized spacial score (nSPS) is 15.0. The quantitative estimate of drug-likeness (QED) is 0.707. The summed E-state index contributed by atoms with van der Waals surface area (Å²) < 4.78 is 166. The molecule has 1 N–H and O–H groups in total. The molecule has 1 aromatic rings. The summed E-state index contributed by atoms with van der Waals surface area (Å²) in [7, 11) is 0. The molecule has 0 saturated heterocycles. The Hall–Kier alpha value is -2.30. The Bertz CT molecular complexity index is 680. The van der Waals surface area contributed by atoms with Crippen molar-refractivity contribution in [2.75, 3.05) is 5.43 Å². The Morgan fingerprint density at radius 3 is 1.41 bits per heavy atom. The lowest BCUT2D eigenvalue weighted by Gasteiger charge is -2.39. The molecule has 27 heavy (non-hydrogen) atoms. The van der Waals surface area contributed by atoms with Gasteiger partial charge in [0.2, 0.25) is 0 Å². The van der Waals surface area contributed by atoms with Gasteiger partial charge >= 0.3 is 41.7 Å². The van der Waals surface area contributed by atoms with Crippen LogP contribution in [-0.4, -0.2) is 56.6 Å². The monoisotopic (exact) mass is 430 g/mol. The van der Waals surface area contributed by atoms with Gasteiger partial charge in [-0.15, -0.1) is 10.2 Å². The van der Waals surface area contributed by atoms with Gasteiger partial charge in [0.1, 0.15) is 12.7 Å². The van der Waals surface area contributed by atoms with Gasteiger partial charge in [-0.1, -0.05) is 0 Å². The molecule has 0 aromatic carbocycles. The summed E-state index contributed by atoms with van der Waals surface area (Å²) in [6.45, 7) is 0. The van der Waals surface area contributed by atoms with E-state index < -0.39 is 41.7 Å². The van der Waals surface area contributed by atoms with Gasteiger partial charge < -0.3 is 0 Å². The summed E-state index contributed by atoms with van der Waals surface area (Å²) in [5.74, 6) is -42.0. The first-order chi connectivity index (χ1) is 11.7. The maximum absolute atomic E-state index is 13.3. The molecule has 0 aliphatic rings. The highest BCUT2D eigenvalue weighted by Gasteiger charge is 2.91. The molecule has 1 amide bonds. The fraction of sp³-hybridized carbons (Fsp3) is 0.667. The first-order valence-electron chi connectivity index (χ1n) is 5.87. The minimum atomic E-state index is -8.07. The van der Waals surface area contributed by atoms with Gasteiger partial charge in [0.05, 0.1) is 0 Å². The predicted octanol–water partition coefficient (Wildman–Crippen LogP) is 3.09. The molecule has 0 aliphatic heterocycles. The van der Waals surface area contributed by atoms with Crippen LogP contribution in [0.5, 0.6) is 0 Å². The minimum absolute atomic E-state index is 0.0626. The van der Waals surface area contributed by atoms with Crippen molar-refractivity contribution < 1.29 is 61.9 Å². The smallest absolute Gasteiger partial charge is 0.266 e. The number of nitrogens with zero attached hydrogens (tertiary/aromatic N) is 3. The van der Waals surface area contributed by atoms with Crippen molar-refractivity contribution in [2.24, 2.45) is 0 Å². The van der Waals surface area contributed by atoms with E-state index in [-0.39, 0.29) is 4.68 Å². The predicted molar refractivity (Wildman–Crippen MR) is 55.2 cm³/mol. The topological polar surface area (TPSA) is 59.8 Å². The molecule has 0 spiro atoms. The van der Waals surface area contributed by atoms with Crippen molar-refractivity contribution in [3.05, 3.63) is 12.7 Å². The summed E-state index contributed by atoms with van der Waals surface area (Å²) in [6, 6.07) is 0. The first-order valence-corrected chi connectivity index (χ1v) is 5.87. The Balaban J connectivity index is 3.38. The molecule has 0 fully saturated rings. The van der Waals surface area contributed by atoms with Gasteiger partial charge in [-0.3, -0.25) is 10.2 Å². The summed E-state index contributed by atoms with van der Waals surface area (Å²) in [6.07, 6.45) is -6.89. The van der Waals surface area contributed by atoms with Gasteiger partial charge in [0.15, 0.2) is 0 Å². The van der Waals surface area contributed by atoms with Crippen LogP contribution in [0.2, 0.25) is 0 Å². The summed E-state index contributed by atoms with van der Waals surface area (Å²) in [4.78, 5) is 11.0. The number of carbonyl (C=O) groups is 1. The van der Waals surface area contributed by atoms with E-state index in [1.165, 1.54) is 0 Å². The van der Waals surface area contributed by atoms with E-state index >= 15 is 0 Å². The largest absolute Gasteiger partial charge is 0.460 e. The number of hydrogen-bond acceptors (Lipinski definition) is 3. The number of amides is 1. The summed E-state index contributed by atoms with van der Waals surface area (Å²) >= 11 is 0. The second kappa shape index (κ2) is 6.11. The highest BCUT2D eigenvalue weighted by molar-refractivity contribution is 5.91. The number of aromatic nitrogens is 3. The molecule has 1 rings (SSSR count). The zero-order valence-corrected chi connectivity index (χ0v) is 11.8. The van der Waals surface area contributed by atoms with Crippen molar-refractivity contribution in [1.29, 1.82) is 0 Å². The van der Waals surface area contributed by atoms with E-state index in [0.29, 0.717) is 18.1 Å². The number of nitrogens with one attached hydrogen (secondary N) is 1. The van der Waals surface area contributed by atoms with Crippen LogP contribution in [0.1, 0.15) is 0 Å². The summed E-state index contributed by atoms with van der Waals surface area (Å²) in [5, 5.41) is 5.68. The van der Waals surface area contributed by atoms with Crippen LogP contribution in [0.4, 0.5) is 57.1 Å². The van der Waals surface area contributed by atoms with Gasteiger partial charge in [0.25, 0.3) is 0 Å². The Morgan fingerprint density at radius 2 is 1.04 bits per heavy atom. The molecular weight excluding hydrogens is 427 g/mol. The van der Waals surface area contributed by atoms with Crippen molar-refractivity contribution in [3.63, 3.8) is 0 Å². The molecule has 1 heterocycles. The maximum atomic E-state index is 13.3. The van der Waals surface area contributed by atoms with Crippen LogP contribution in [0, 0.1) is 0 Å². The standard InChI is InChI=1S/C9H3F13N4O/c10-4(11,3(27)25-26-1-23-24-2-26)5(12,13)6(14,15)7(16,17)8(18,19)9(20,21)22/h1-2H,(H,25,27). The third-order valence-electron chi connectivity index (χ3n) is 2.87. The van der Waals surface area contributed by atoms with Crippen molar-refractivity contribution >= 4 is 5.91 Å². The molecule has 1 aromatic heterocycles. The second-order valence-electron chi connectivity index (χ2n) is 4.68. The van der Waals surface area contributed by atoms with Gasteiger partial charge in [-0.2, -0.15) is 57.1 Å². The molecule has 0 radical (unpaired) electrons. The van der Waals surface area contributed by atoms with Crippen LogP contribution in [0.3, 0.4) is 0 Å². The van der Waals surface area contributed by atoms with Gasteiger partial charge in [-0.05, 0) is 0 Å². The molecule has 5 nitrogen and oxygen atoms in total.